The highest BCUT2D eigenvalue weighted by atomic mass is 35.5. The van der Waals surface area contributed by atoms with Crippen LogP contribution in [0.5, 0.6) is 0 Å². The van der Waals surface area contributed by atoms with Crippen molar-refractivity contribution in [1.82, 2.24) is 9.88 Å². The van der Waals surface area contributed by atoms with Crippen LogP contribution in [0.1, 0.15) is 37.6 Å². The van der Waals surface area contributed by atoms with Crippen molar-refractivity contribution in [3.8, 4) is 0 Å². The van der Waals surface area contributed by atoms with Gasteiger partial charge in [-0.15, -0.1) is 0 Å². The SMILES string of the molecule is CCCNc1cc(C(=O)N(C)CCOC(C)C)cc(Cl)n1. The Kier molecular flexibility index (Phi) is 7.47. The van der Waals surface area contributed by atoms with Gasteiger partial charge >= 0.3 is 0 Å². The molecule has 1 aromatic rings. The number of hydrogen-bond acceptors (Lipinski definition) is 4. The van der Waals surface area contributed by atoms with E-state index in [4.69, 9.17) is 16.3 Å². The van der Waals surface area contributed by atoms with E-state index in [0.29, 0.717) is 29.7 Å². The van der Waals surface area contributed by atoms with E-state index in [9.17, 15) is 4.79 Å². The molecule has 6 heteroatoms. The molecule has 0 saturated heterocycles. The van der Waals surface area contributed by atoms with Crippen LogP contribution in [0, 0.1) is 0 Å². The Morgan fingerprint density at radius 3 is 2.81 bits per heavy atom. The Labute approximate surface area is 131 Å². The number of aromatic nitrogens is 1. The molecule has 0 aliphatic rings. The van der Waals surface area contributed by atoms with Gasteiger partial charge in [-0.2, -0.15) is 0 Å². The summed E-state index contributed by atoms with van der Waals surface area (Å²) in [6.07, 6.45) is 1.14. The van der Waals surface area contributed by atoms with Crippen LogP contribution < -0.4 is 5.32 Å². The molecule has 1 rings (SSSR count). The van der Waals surface area contributed by atoms with E-state index in [-0.39, 0.29) is 12.0 Å². The lowest BCUT2D eigenvalue weighted by atomic mass is 10.2. The van der Waals surface area contributed by atoms with Crippen LogP contribution in [0.3, 0.4) is 0 Å². The van der Waals surface area contributed by atoms with E-state index >= 15 is 0 Å². The van der Waals surface area contributed by atoms with Gasteiger partial charge in [0.25, 0.3) is 5.91 Å². The summed E-state index contributed by atoms with van der Waals surface area (Å²) in [6.45, 7) is 7.84. The molecule has 0 spiro atoms. The summed E-state index contributed by atoms with van der Waals surface area (Å²) in [5, 5.41) is 3.45. The van der Waals surface area contributed by atoms with Gasteiger partial charge in [0.1, 0.15) is 11.0 Å². The fourth-order valence-electron chi connectivity index (χ4n) is 1.71. The normalized spacial score (nSPS) is 10.8. The van der Waals surface area contributed by atoms with E-state index in [1.54, 1.807) is 24.1 Å². The number of carbonyl (C=O) groups is 1. The quantitative estimate of drug-likeness (QED) is 0.749. The molecule has 1 amide bonds. The van der Waals surface area contributed by atoms with E-state index < -0.39 is 0 Å². The number of anilines is 1. The lowest BCUT2D eigenvalue weighted by Gasteiger charge is -2.18. The maximum Gasteiger partial charge on any atom is 0.253 e. The van der Waals surface area contributed by atoms with Crippen LogP contribution in [0.4, 0.5) is 5.82 Å². The van der Waals surface area contributed by atoms with Crippen molar-refractivity contribution >= 4 is 23.3 Å². The molecule has 0 aliphatic carbocycles. The van der Waals surface area contributed by atoms with Gasteiger partial charge < -0.3 is 15.0 Å². The molecule has 0 unspecified atom stereocenters. The van der Waals surface area contributed by atoms with Crippen molar-refractivity contribution < 1.29 is 9.53 Å². The summed E-state index contributed by atoms with van der Waals surface area (Å²) in [4.78, 5) is 18.1. The van der Waals surface area contributed by atoms with Gasteiger partial charge in [-0.1, -0.05) is 18.5 Å². The predicted molar refractivity (Wildman–Crippen MR) is 86.1 cm³/mol. The number of amides is 1. The van der Waals surface area contributed by atoms with E-state index in [1.807, 2.05) is 13.8 Å². The zero-order valence-electron chi connectivity index (χ0n) is 13.1. The number of halogens is 1. The largest absolute Gasteiger partial charge is 0.377 e. The maximum absolute atomic E-state index is 12.4. The van der Waals surface area contributed by atoms with Crippen molar-refractivity contribution in [2.75, 3.05) is 32.1 Å². The third-order valence-electron chi connectivity index (χ3n) is 2.82. The number of carbonyl (C=O) groups excluding carboxylic acids is 1. The van der Waals surface area contributed by atoms with Crippen LogP contribution in [0.15, 0.2) is 12.1 Å². The smallest absolute Gasteiger partial charge is 0.253 e. The van der Waals surface area contributed by atoms with Gasteiger partial charge in [-0.3, -0.25) is 4.79 Å². The lowest BCUT2D eigenvalue weighted by molar-refractivity contribution is 0.0532. The highest BCUT2D eigenvalue weighted by Crippen LogP contribution is 2.16. The third-order valence-corrected chi connectivity index (χ3v) is 3.02. The van der Waals surface area contributed by atoms with Crippen molar-refractivity contribution in [1.29, 1.82) is 0 Å². The lowest BCUT2D eigenvalue weighted by Crippen LogP contribution is -2.30. The Morgan fingerprint density at radius 2 is 2.19 bits per heavy atom. The molecule has 1 N–H and O–H groups in total. The Hall–Kier alpha value is -1.33. The number of hydrogen-bond donors (Lipinski definition) is 1. The summed E-state index contributed by atoms with van der Waals surface area (Å²) in [5.74, 6) is 0.533. The van der Waals surface area contributed by atoms with Gasteiger partial charge in [0.2, 0.25) is 0 Å². The molecule has 0 bridgehead atoms. The van der Waals surface area contributed by atoms with Crippen LogP contribution in [0.25, 0.3) is 0 Å². The highest BCUT2D eigenvalue weighted by Gasteiger charge is 2.14. The molecule has 0 radical (unpaired) electrons. The Bertz CT molecular complexity index is 466. The minimum absolute atomic E-state index is 0.0915. The summed E-state index contributed by atoms with van der Waals surface area (Å²) < 4.78 is 5.45. The molecule has 0 atom stereocenters. The van der Waals surface area contributed by atoms with E-state index in [0.717, 1.165) is 13.0 Å². The molecular formula is C15H24ClN3O2. The fraction of sp³-hybridized carbons (Fsp3) is 0.600. The first-order valence-electron chi connectivity index (χ1n) is 7.22. The van der Waals surface area contributed by atoms with Gasteiger partial charge in [-0.05, 0) is 32.4 Å². The second-order valence-electron chi connectivity index (χ2n) is 5.14. The summed E-state index contributed by atoms with van der Waals surface area (Å²) >= 11 is 5.98. The van der Waals surface area contributed by atoms with E-state index in [1.165, 1.54) is 0 Å². The van der Waals surface area contributed by atoms with E-state index in [2.05, 4.69) is 17.2 Å². The average Bonchev–Trinajstić information content (AvgIpc) is 2.43. The first-order chi connectivity index (χ1) is 9.93. The number of ether oxygens (including phenoxy) is 1. The highest BCUT2D eigenvalue weighted by molar-refractivity contribution is 6.29. The molecule has 5 nitrogen and oxygen atoms in total. The minimum atomic E-state index is -0.0915. The summed E-state index contributed by atoms with van der Waals surface area (Å²) in [7, 11) is 1.75. The fourth-order valence-corrected chi connectivity index (χ4v) is 1.92. The zero-order valence-corrected chi connectivity index (χ0v) is 13.9. The predicted octanol–water partition coefficient (Wildman–Crippen LogP) is 3.05. The standard InChI is InChI=1S/C15H24ClN3O2/c1-5-6-17-14-10-12(9-13(16)18-14)15(20)19(4)7-8-21-11(2)3/h9-11H,5-8H2,1-4H3,(H,17,18). The van der Waals surface area contributed by atoms with Gasteiger partial charge in [0.15, 0.2) is 0 Å². The molecule has 0 saturated carbocycles. The third kappa shape index (κ3) is 6.31. The number of nitrogens with zero attached hydrogens (tertiary/aromatic N) is 2. The second kappa shape index (κ2) is 8.85. The van der Waals surface area contributed by atoms with Crippen LogP contribution in [-0.4, -0.2) is 48.6 Å². The van der Waals surface area contributed by atoms with Crippen molar-refractivity contribution in [3.63, 3.8) is 0 Å². The molecule has 21 heavy (non-hydrogen) atoms. The number of pyridine rings is 1. The zero-order chi connectivity index (χ0) is 15.8. The topological polar surface area (TPSA) is 54.5 Å². The number of nitrogens with one attached hydrogen (secondary N) is 1. The van der Waals surface area contributed by atoms with Crippen LogP contribution >= 0.6 is 11.6 Å². The van der Waals surface area contributed by atoms with Crippen LogP contribution in [0.2, 0.25) is 5.15 Å². The maximum atomic E-state index is 12.4. The molecular weight excluding hydrogens is 290 g/mol. The molecule has 1 heterocycles. The van der Waals surface area contributed by atoms with Crippen molar-refractivity contribution in [2.45, 2.75) is 33.3 Å². The molecule has 0 aliphatic heterocycles. The molecule has 0 aromatic carbocycles. The number of likely N-dealkylation sites (N-methyl/N-ethyl adjacent to an activating group) is 1. The van der Waals surface area contributed by atoms with Crippen molar-refractivity contribution in [2.24, 2.45) is 0 Å². The van der Waals surface area contributed by atoms with Crippen molar-refractivity contribution in [3.05, 3.63) is 22.8 Å². The minimum Gasteiger partial charge on any atom is -0.377 e. The Balaban J connectivity index is 2.69. The first kappa shape index (κ1) is 17.7. The average molecular weight is 314 g/mol. The first-order valence-corrected chi connectivity index (χ1v) is 7.60. The van der Waals surface area contributed by atoms with Gasteiger partial charge in [0, 0.05) is 25.7 Å². The molecule has 1 aromatic heterocycles. The number of rotatable bonds is 8. The Morgan fingerprint density at radius 1 is 1.48 bits per heavy atom. The van der Waals surface area contributed by atoms with Gasteiger partial charge in [0.05, 0.1) is 12.7 Å². The summed E-state index contributed by atoms with van der Waals surface area (Å²) in [5.41, 5.74) is 0.528. The van der Waals surface area contributed by atoms with Crippen LogP contribution in [-0.2, 0) is 4.74 Å². The van der Waals surface area contributed by atoms with Gasteiger partial charge in [-0.25, -0.2) is 4.98 Å². The molecule has 0 fully saturated rings. The molecule has 118 valence electrons. The summed E-state index contributed by atoms with van der Waals surface area (Å²) in [6, 6.07) is 3.31. The monoisotopic (exact) mass is 313 g/mol. The second-order valence-corrected chi connectivity index (χ2v) is 5.52.